The van der Waals surface area contributed by atoms with Gasteiger partial charge in [0.2, 0.25) is 0 Å². The van der Waals surface area contributed by atoms with Gasteiger partial charge in [0, 0.05) is 12.0 Å². The summed E-state index contributed by atoms with van der Waals surface area (Å²) in [4.78, 5) is 0. The number of rotatable bonds is 0. The fraction of sp³-hybridized carbons (Fsp3) is 0.455. The molecule has 1 saturated heterocycles. The van der Waals surface area contributed by atoms with Gasteiger partial charge in [-0.3, -0.25) is 0 Å². The van der Waals surface area contributed by atoms with Crippen LogP contribution in [0.3, 0.4) is 0 Å². The third kappa shape index (κ3) is 0.593. The number of nitrogens with zero attached hydrogens (tertiary/aromatic N) is 1. The quantitative estimate of drug-likeness (QED) is 0.400. The first-order valence-corrected chi connectivity index (χ1v) is 4.62. The molecule has 1 aromatic rings. The van der Waals surface area contributed by atoms with Crippen LogP contribution < -0.4 is 0 Å². The molecular weight excluding hydrogens is 146 g/mol. The van der Waals surface area contributed by atoms with Crippen LogP contribution in [0.5, 0.6) is 0 Å². The Morgan fingerprint density at radius 1 is 1.25 bits per heavy atom. The molecule has 1 heteroatoms. The minimum absolute atomic E-state index is 0.821. The fourth-order valence-corrected chi connectivity index (χ4v) is 2.80. The average molecular weight is 160 g/mol. The molecule has 1 aliphatic carbocycles. The summed E-state index contributed by atoms with van der Waals surface area (Å²) in [7, 11) is 4.68. The predicted octanol–water partition coefficient (Wildman–Crippen LogP) is 1.74. The molecule has 62 valence electrons. The summed E-state index contributed by atoms with van der Waals surface area (Å²) in [5.74, 6) is 0. The van der Waals surface area contributed by atoms with E-state index in [1.165, 1.54) is 10.9 Å². The molecule has 0 N–H and O–H groups in total. The van der Waals surface area contributed by atoms with Gasteiger partial charge in [0.15, 0.2) is 12.1 Å². The Balaban J connectivity index is 2.11. The van der Waals surface area contributed by atoms with E-state index in [4.69, 9.17) is 0 Å². The summed E-state index contributed by atoms with van der Waals surface area (Å²) in [6.07, 6.45) is 1.30. The molecule has 0 saturated carbocycles. The molecule has 1 heterocycles. The van der Waals surface area contributed by atoms with Gasteiger partial charge in [0.25, 0.3) is 0 Å². The Morgan fingerprint density at radius 2 is 2.00 bits per heavy atom. The zero-order chi connectivity index (χ0) is 8.34. The van der Waals surface area contributed by atoms with Crippen LogP contribution in [0.1, 0.15) is 17.2 Å². The summed E-state index contributed by atoms with van der Waals surface area (Å²) in [6.45, 7) is 0. The van der Waals surface area contributed by atoms with E-state index in [9.17, 15) is 0 Å². The molecule has 0 spiro atoms. The van der Waals surface area contributed by atoms with E-state index in [1.807, 2.05) is 0 Å². The number of fused-ring (bicyclic) bond motifs is 3. The average Bonchev–Trinajstić information content (AvgIpc) is 2.46. The lowest BCUT2D eigenvalue weighted by atomic mass is 10.1. The molecule has 1 fully saturated rings. The molecule has 1 nitrogen and oxygen atoms in total. The number of hydrogen-bond acceptors (Lipinski definition) is 0. The van der Waals surface area contributed by atoms with Crippen LogP contribution in [0.4, 0.5) is 0 Å². The van der Waals surface area contributed by atoms with Crippen LogP contribution in [-0.2, 0) is 6.42 Å². The van der Waals surface area contributed by atoms with Gasteiger partial charge in [-0.2, -0.15) is 0 Å². The Bertz CT molecular complexity index is 341. The van der Waals surface area contributed by atoms with Crippen molar-refractivity contribution in [3.63, 3.8) is 0 Å². The molecule has 1 aromatic carbocycles. The van der Waals surface area contributed by atoms with E-state index >= 15 is 0 Å². The van der Waals surface area contributed by atoms with Crippen LogP contribution in [-0.4, -0.2) is 24.6 Å². The van der Waals surface area contributed by atoms with E-state index in [2.05, 4.69) is 38.4 Å². The zero-order valence-corrected chi connectivity index (χ0v) is 7.62. The summed E-state index contributed by atoms with van der Waals surface area (Å²) in [5, 5.41) is 0. The lowest BCUT2D eigenvalue weighted by Gasteiger charge is -2.12. The third-order valence-corrected chi connectivity index (χ3v) is 3.65. The van der Waals surface area contributed by atoms with Crippen LogP contribution >= 0.6 is 0 Å². The van der Waals surface area contributed by atoms with Crippen LogP contribution in [0.25, 0.3) is 0 Å². The van der Waals surface area contributed by atoms with Gasteiger partial charge >= 0.3 is 0 Å². The Kier molecular flexibility index (Phi) is 0.969. The van der Waals surface area contributed by atoms with Crippen molar-refractivity contribution in [2.45, 2.75) is 18.5 Å². The van der Waals surface area contributed by atoms with Gasteiger partial charge in [0.1, 0.15) is 0 Å². The van der Waals surface area contributed by atoms with Crippen molar-refractivity contribution in [3.8, 4) is 0 Å². The number of likely N-dealkylation sites (N-methyl/N-ethyl adjacent to an activating group) is 1. The van der Waals surface area contributed by atoms with Gasteiger partial charge in [-0.15, -0.1) is 0 Å². The fourth-order valence-electron chi connectivity index (χ4n) is 2.80. The second-order valence-electron chi connectivity index (χ2n) is 4.54. The smallest absolute Gasteiger partial charge is 0.168 e. The number of benzene rings is 1. The normalized spacial score (nSPS) is 34.2. The van der Waals surface area contributed by atoms with Gasteiger partial charge in [0.05, 0.1) is 14.1 Å². The first-order chi connectivity index (χ1) is 5.71. The molecule has 0 bridgehead atoms. The molecular formula is C11H14N+. The molecule has 3 rings (SSSR count). The Hall–Kier alpha value is -0.820. The maximum atomic E-state index is 2.34. The molecule has 2 atom stereocenters. The Labute approximate surface area is 73.2 Å². The zero-order valence-electron chi connectivity index (χ0n) is 7.62. The molecule has 0 aromatic heterocycles. The topological polar surface area (TPSA) is 0 Å². The van der Waals surface area contributed by atoms with E-state index in [0.717, 1.165) is 12.1 Å². The largest absolute Gasteiger partial charge is 0.309 e. The third-order valence-electron chi connectivity index (χ3n) is 3.65. The van der Waals surface area contributed by atoms with Crippen molar-refractivity contribution >= 4 is 0 Å². The second-order valence-corrected chi connectivity index (χ2v) is 4.54. The van der Waals surface area contributed by atoms with Crippen molar-refractivity contribution in [1.82, 2.24) is 0 Å². The standard InChI is InChI=1S/C11H14N/c1-12(2)10-7-8-5-3-4-6-9(8)11(10)12/h3-6,10-11H,7H2,1-2H3/q+1/t10-,11+/m1/s1. The summed E-state index contributed by atoms with van der Waals surface area (Å²) in [5.41, 5.74) is 3.19. The molecule has 0 unspecified atom stereocenters. The first-order valence-electron chi connectivity index (χ1n) is 4.62. The van der Waals surface area contributed by atoms with Crippen LogP contribution in [0.15, 0.2) is 24.3 Å². The lowest BCUT2D eigenvalue weighted by Crippen LogP contribution is -2.20. The SMILES string of the molecule is C[N+]1(C)[C@@H]2Cc3ccccc3[C@@H]21. The van der Waals surface area contributed by atoms with Crippen LogP contribution in [0, 0.1) is 0 Å². The van der Waals surface area contributed by atoms with Crippen molar-refractivity contribution in [3.05, 3.63) is 35.4 Å². The number of hydrogen-bond donors (Lipinski definition) is 0. The van der Waals surface area contributed by atoms with Crippen molar-refractivity contribution < 1.29 is 4.48 Å². The van der Waals surface area contributed by atoms with Crippen LogP contribution in [0.2, 0.25) is 0 Å². The minimum atomic E-state index is 0.821. The highest BCUT2D eigenvalue weighted by atomic mass is 15.5. The first kappa shape index (κ1) is 6.67. The molecule has 0 amide bonds. The highest BCUT2D eigenvalue weighted by molar-refractivity contribution is 5.38. The molecule has 1 aliphatic heterocycles. The maximum absolute atomic E-state index is 2.34. The van der Waals surface area contributed by atoms with E-state index in [1.54, 1.807) is 11.1 Å². The maximum Gasteiger partial charge on any atom is 0.168 e. The van der Waals surface area contributed by atoms with Gasteiger partial charge in [-0.05, 0) is 5.56 Å². The monoisotopic (exact) mass is 160 g/mol. The van der Waals surface area contributed by atoms with Crippen molar-refractivity contribution in [1.29, 1.82) is 0 Å². The highest BCUT2D eigenvalue weighted by Crippen LogP contribution is 2.56. The minimum Gasteiger partial charge on any atom is -0.309 e. The Morgan fingerprint density at radius 3 is 2.83 bits per heavy atom. The lowest BCUT2D eigenvalue weighted by molar-refractivity contribution is -0.787. The summed E-state index contributed by atoms with van der Waals surface area (Å²) < 4.78 is 1.22. The molecule has 2 aliphatic rings. The van der Waals surface area contributed by atoms with Gasteiger partial charge in [-0.1, -0.05) is 24.3 Å². The van der Waals surface area contributed by atoms with E-state index in [0.29, 0.717) is 0 Å². The van der Waals surface area contributed by atoms with Gasteiger partial charge < -0.3 is 4.48 Å². The molecule has 12 heavy (non-hydrogen) atoms. The van der Waals surface area contributed by atoms with E-state index in [-0.39, 0.29) is 0 Å². The predicted molar refractivity (Wildman–Crippen MR) is 48.8 cm³/mol. The summed E-state index contributed by atoms with van der Waals surface area (Å²) >= 11 is 0. The highest BCUT2D eigenvalue weighted by Gasteiger charge is 2.65. The second kappa shape index (κ2) is 1.74. The van der Waals surface area contributed by atoms with Crippen molar-refractivity contribution in [2.75, 3.05) is 14.1 Å². The van der Waals surface area contributed by atoms with E-state index < -0.39 is 0 Å². The van der Waals surface area contributed by atoms with Crippen molar-refractivity contribution in [2.24, 2.45) is 0 Å². The number of quaternary nitrogens is 1. The molecule has 0 radical (unpaired) electrons. The summed E-state index contributed by atoms with van der Waals surface area (Å²) in [6, 6.07) is 10.6. The van der Waals surface area contributed by atoms with Gasteiger partial charge in [-0.25, -0.2) is 0 Å².